The average Bonchev–Trinajstić information content (AvgIpc) is 2.43. The molecule has 3 nitrogen and oxygen atoms in total. The largest absolute Gasteiger partial charge is 0.460 e. The Morgan fingerprint density at radius 1 is 0.429 bits per heavy atom. The van der Waals surface area contributed by atoms with Gasteiger partial charge in [0.1, 0.15) is 0 Å². The van der Waals surface area contributed by atoms with Crippen molar-refractivity contribution in [1.29, 1.82) is 0 Å². The molecule has 0 spiro atoms. The molecule has 0 aliphatic heterocycles. The van der Waals surface area contributed by atoms with E-state index in [4.69, 9.17) is 5.53 Å². The van der Waals surface area contributed by atoms with Gasteiger partial charge in [0.05, 0.1) is 0 Å². The Balaban J connectivity index is 6.91. The molecule has 0 bridgehead atoms. The molecule has 0 amide bonds. The minimum atomic E-state index is -8.67. The van der Waals surface area contributed by atoms with Crippen LogP contribution in [0.5, 0.6) is 0 Å². The molecule has 0 N–H and O–H groups in total. The summed E-state index contributed by atoms with van der Waals surface area (Å²) < 4.78 is 215. The third-order valence-electron chi connectivity index (χ3n) is 2.91. The summed E-state index contributed by atoms with van der Waals surface area (Å²) in [6, 6.07) is 0. The van der Waals surface area contributed by atoms with Crippen molar-refractivity contribution < 1.29 is 74.6 Å². The first kappa shape index (κ1) is 26.1. The SMILES string of the molecule is [N-]=[N+]=NC(F)(C(F)(F)F)C(F)(F)C(F)(F)C(F)(F)C(F)(F)C(F)(F)C(F)(F)F. The van der Waals surface area contributed by atoms with Crippen molar-refractivity contribution in [3.63, 3.8) is 0 Å². The minimum absolute atomic E-state index is 0.443. The van der Waals surface area contributed by atoms with Gasteiger partial charge in [-0.2, -0.15) is 70.2 Å². The van der Waals surface area contributed by atoms with E-state index >= 15 is 0 Å². The number of halogens is 17. The highest BCUT2D eigenvalue weighted by molar-refractivity contribution is 5.15. The predicted molar refractivity (Wildman–Crippen MR) is 49.8 cm³/mol. The van der Waals surface area contributed by atoms with Gasteiger partial charge in [-0.3, -0.25) is 0 Å². The fourth-order valence-electron chi connectivity index (χ4n) is 1.34. The van der Waals surface area contributed by atoms with E-state index in [1.165, 1.54) is 0 Å². The summed E-state index contributed by atoms with van der Waals surface area (Å²) in [6.07, 6.45) is -15.4. The molecule has 166 valence electrons. The summed E-state index contributed by atoms with van der Waals surface area (Å²) >= 11 is 0. The van der Waals surface area contributed by atoms with E-state index in [1.807, 2.05) is 0 Å². The molecule has 0 saturated carbocycles. The third-order valence-corrected chi connectivity index (χ3v) is 2.91. The molecule has 0 aromatic rings. The van der Waals surface area contributed by atoms with Crippen molar-refractivity contribution in [2.24, 2.45) is 5.11 Å². The second-order valence-corrected chi connectivity index (χ2v) is 4.68. The normalized spacial score (nSPS) is 17.8. The first-order chi connectivity index (χ1) is 11.8. The predicted octanol–water partition coefficient (Wildman–Crippen LogP) is 6.26. The van der Waals surface area contributed by atoms with E-state index in [0.29, 0.717) is 10.0 Å². The van der Waals surface area contributed by atoms with Crippen LogP contribution in [0, 0.1) is 0 Å². The molecule has 0 rings (SSSR count). The summed E-state index contributed by atoms with van der Waals surface area (Å²) in [5.74, 6) is -49.8. The molecule has 1 atom stereocenters. The molecule has 0 aromatic carbocycles. The molecule has 0 radical (unpaired) electrons. The van der Waals surface area contributed by atoms with Crippen LogP contribution in [0.3, 0.4) is 0 Å². The Morgan fingerprint density at radius 2 is 0.714 bits per heavy atom. The van der Waals surface area contributed by atoms with Crippen molar-refractivity contribution in [2.75, 3.05) is 0 Å². The lowest BCUT2D eigenvalue weighted by Gasteiger charge is -2.42. The molecular weight excluding hydrogens is 461 g/mol. The van der Waals surface area contributed by atoms with Crippen molar-refractivity contribution in [1.82, 2.24) is 0 Å². The lowest BCUT2D eigenvalue weighted by Crippen LogP contribution is -2.74. The summed E-state index contributed by atoms with van der Waals surface area (Å²) in [4.78, 5) is 0.642. The third kappa shape index (κ3) is 3.04. The van der Waals surface area contributed by atoms with Crippen LogP contribution in [-0.2, 0) is 0 Å². The Morgan fingerprint density at radius 3 is 0.964 bits per heavy atom. The van der Waals surface area contributed by atoms with Crippen LogP contribution in [0.1, 0.15) is 0 Å². The summed E-state index contributed by atoms with van der Waals surface area (Å²) in [6.45, 7) is 0. The second kappa shape index (κ2) is 6.31. The molecule has 0 aromatic heterocycles. The summed E-state index contributed by atoms with van der Waals surface area (Å²) in [7, 11) is 0. The number of alkyl halides is 17. The van der Waals surface area contributed by atoms with Crippen LogP contribution in [-0.4, -0.2) is 47.8 Å². The van der Waals surface area contributed by atoms with E-state index in [9.17, 15) is 74.6 Å². The van der Waals surface area contributed by atoms with Gasteiger partial charge in [0, 0.05) is 4.91 Å². The number of hydrogen-bond donors (Lipinski definition) is 0. The first-order valence-electron chi connectivity index (χ1n) is 5.59. The maximum atomic E-state index is 13.3. The van der Waals surface area contributed by atoms with E-state index in [0.717, 1.165) is 0 Å². The van der Waals surface area contributed by atoms with E-state index in [2.05, 4.69) is 0 Å². The number of hydrogen-bond acceptors (Lipinski definition) is 1. The second-order valence-electron chi connectivity index (χ2n) is 4.68. The van der Waals surface area contributed by atoms with Crippen LogP contribution < -0.4 is 0 Å². The van der Waals surface area contributed by atoms with Gasteiger partial charge in [0.25, 0.3) is 0 Å². The highest BCUT2D eigenvalue weighted by Gasteiger charge is 2.95. The van der Waals surface area contributed by atoms with Crippen molar-refractivity contribution in [3.8, 4) is 0 Å². The zero-order valence-corrected chi connectivity index (χ0v) is 11.8. The van der Waals surface area contributed by atoms with Gasteiger partial charge in [-0.05, 0) is 10.6 Å². The van der Waals surface area contributed by atoms with Gasteiger partial charge >= 0.3 is 47.8 Å². The van der Waals surface area contributed by atoms with E-state index < -0.39 is 47.8 Å². The van der Waals surface area contributed by atoms with Crippen LogP contribution >= 0.6 is 0 Å². The smallest absolute Gasteiger partial charge is 0.220 e. The molecule has 0 fully saturated rings. The average molecular weight is 461 g/mol. The zero-order chi connectivity index (χ0) is 23.4. The van der Waals surface area contributed by atoms with Gasteiger partial charge in [-0.15, -0.1) is 0 Å². The lowest BCUT2D eigenvalue weighted by molar-refractivity contribution is -0.456. The molecule has 0 heterocycles. The molecule has 0 saturated heterocycles. The monoisotopic (exact) mass is 461 g/mol. The van der Waals surface area contributed by atoms with Crippen LogP contribution in [0.25, 0.3) is 10.4 Å². The van der Waals surface area contributed by atoms with Crippen LogP contribution in [0.2, 0.25) is 0 Å². The molecular formula is C8F17N3. The number of azide groups is 1. The Kier molecular flexibility index (Phi) is 5.89. The van der Waals surface area contributed by atoms with Crippen molar-refractivity contribution in [3.05, 3.63) is 10.4 Å². The maximum Gasteiger partial charge on any atom is 0.460 e. The Hall–Kier alpha value is -1.88. The minimum Gasteiger partial charge on any atom is -0.220 e. The van der Waals surface area contributed by atoms with Crippen LogP contribution in [0.15, 0.2) is 5.11 Å². The molecule has 20 heteroatoms. The van der Waals surface area contributed by atoms with Crippen molar-refractivity contribution in [2.45, 2.75) is 47.8 Å². The van der Waals surface area contributed by atoms with Gasteiger partial charge in [-0.1, -0.05) is 0 Å². The Labute approximate surface area is 139 Å². The lowest BCUT2D eigenvalue weighted by atomic mass is 9.89. The zero-order valence-electron chi connectivity index (χ0n) is 11.8. The van der Waals surface area contributed by atoms with Crippen molar-refractivity contribution >= 4 is 0 Å². The highest BCUT2D eigenvalue weighted by Crippen LogP contribution is 2.64. The number of rotatable bonds is 6. The van der Waals surface area contributed by atoms with Gasteiger partial charge in [0.15, 0.2) is 0 Å². The summed E-state index contributed by atoms with van der Waals surface area (Å²) in [5, 5.41) is 0.443. The quantitative estimate of drug-likeness (QED) is 0.147. The highest BCUT2D eigenvalue weighted by atomic mass is 19.4. The first-order valence-corrected chi connectivity index (χ1v) is 5.59. The topological polar surface area (TPSA) is 48.8 Å². The Bertz CT molecular complexity index is 638. The molecule has 1 unspecified atom stereocenters. The van der Waals surface area contributed by atoms with E-state index in [1.54, 1.807) is 0 Å². The summed E-state index contributed by atoms with van der Waals surface area (Å²) in [5.41, 5.74) is 7.53. The van der Waals surface area contributed by atoms with Gasteiger partial charge in [-0.25, -0.2) is 4.39 Å². The standard InChI is InChI=1S/C8F17N3/c9-1(10,3(13,14)5(17,18)7(20,21)22)2(11,12)4(15,16)6(19,27-28-26)8(23,24)25. The number of nitrogens with zero attached hydrogens (tertiary/aromatic N) is 3. The molecule has 0 aliphatic carbocycles. The van der Waals surface area contributed by atoms with Gasteiger partial charge in [0.2, 0.25) is 0 Å². The molecule has 28 heavy (non-hydrogen) atoms. The van der Waals surface area contributed by atoms with Crippen LogP contribution in [0.4, 0.5) is 74.6 Å². The van der Waals surface area contributed by atoms with E-state index in [-0.39, 0.29) is 0 Å². The molecule has 0 aliphatic rings. The van der Waals surface area contributed by atoms with Gasteiger partial charge < -0.3 is 0 Å². The fourth-order valence-corrected chi connectivity index (χ4v) is 1.34. The fraction of sp³-hybridized carbons (Fsp3) is 1.00. The maximum absolute atomic E-state index is 13.3.